The van der Waals surface area contributed by atoms with Gasteiger partial charge in [-0.15, -0.1) is 11.4 Å². The number of H-pyrrole nitrogens is 1. The second kappa shape index (κ2) is 7.01. The predicted octanol–water partition coefficient (Wildman–Crippen LogP) is 1.67. The second-order valence-electron chi connectivity index (χ2n) is 0.817. The minimum Gasteiger partial charge on any atom is -0.352 e. The third-order valence-corrected chi connectivity index (χ3v) is 0.295. The van der Waals surface area contributed by atoms with Crippen LogP contribution in [0.25, 0.3) is 0 Å². The number of halogens is 3. The summed E-state index contributed by atoms with van der Waals surface area (Å²) in [6.45, 7) is 0. The Balaban J connectivity index is 0.000000148. The van der Waals surface area contributed by atoms with Gasteiger partial charge in [-0.05, 0) is 0 Å². The molecule has 0 aromatic carbocycles. The molecule has 1 aromatic rings. The molecule has 1 N–H and O–H groups in total. The van der Waals surface area contributed by atoms with Gasteiger partial charge in [0.25, 0.3) is 0 Å². The van der Waals surface area contributed by atoms with Gasteiger partial charge in [-0.3, -0.25) is 0 Å². The van der Waals surface area contributed by atoms with E-state index < -0.39 is 18.2 Å². The topological polar surface area (TPSA) is 41.6 Å². The van der Waals surface area contributed by atoms with Crippen LogP contribution in [0.5, 0.6) is 0 Å². The molecule has 0 aliphatic heterocycles. The maximum absolute atomic E-state index is 5.00. The number of rotatable bonds is 0. The SMILES string of the molecule is [Cl][Zr]([Cl])[Cl].[c-]1c[nH]nn1. The fourth-order valence-corrected chi connectivity index (χ4v) is 0.144. The third kappa shape index (κ3) is 12.2. The zero-order chi connectivity index (χ0) is 7.11. The largest absolute Gasteiger partial charge is 0.352 e. The Bertz CT molecular complexity index is 101. The number of aromatic nitrogens is 3. The number of aromatic amines is 1. The zero-order valence-corrected chi connectivity index (χ0v) is 8.83. The van der Waals surface area contributed by atoms with Gasteiger partial charge in [0.15, 0.2) is 0 Å². The van der Waals surface area contributed by atoms with Gasteiger partial charge in [-0.25, -0.2) is 0 Å². The molecule has 3 nitrogen and oxygen atoms in total. The predicted molar refractivity (Wildman–Crippen MR) is 32.8 cm³/mol. The summed E-state index contributed by atoms with van der Waals surface area (Å²) in [7, 11) is 15.0. The van der Waals surface area contributed by atoms with Crippen molar-refractivity contribution in [2.45, 2.75) is 0 Å². The molecule has 0 aliphatic rings. The fraction of sp³-hybridized carbons (Fsp3) is 0. The molecule has 0 bridgehead atoms. The van der Waals surface area contributed by atoms with E-state index in [1.165, 1.54) is 6.20 Å². The Morgan fingerprint density at radius 2 is 2.00 bits per heavy atom. The number of hydrogen-bond acceptors (Lipinski definition) is 2. The maximum Gasteiger partial charge on any atom is -0.112 e. The van der Waals surface area contributed by atoms with Crippen molar-refractivity contribution in [2.24, 2.45) is 0 Å². The summed E-state index contributed by atoms with van der Waals surface area (Å²) < 4.78 is 0. The van der Waals surface area contributed by atoms with Gasteiger partial charge >= 0.3 is 43.7 Å². The summed E-state index contributed by atoms with van der Waals surface area (Å²) in [6, 6.07) is 0. The van der Waals surface area contributed by atoms with E-state index in [0.717, 1.165) is 0 Å². The molecule has 1 aromatic heterocycles. The van der Waals surface area contributed by atoms with Crippen LogP contribution in [0.4, 0.5) is 0 Å². The van der Waals surface area contributed by atoms with Crippen molar-refractivity contribution in [1.82, 2.24) is 15.4 Å². The van der Waals surface area contributed by atoms with E-state index in [9.17, 15) is 0 Å². The Labute approximate surface area is 71.0 Å². The molecule has 0 fully saturated rings. The first kappa shape index (κ1) is 9.89. The van der Waals surface area contributed by atoms with Crippen molar-refractivity contribution in [1.29, 1.82) is 0 Å². The minimum atomic E-state index is -2.13. The van der Waals surface area contributed by atoms with Crippen molar-refractivity contribution in [3.63, 3.8) is 0 Å². The molecule has 9 heavy (non-hydrogen) atoms. The Morgan fingerprint density at radius 1 is 1.44 bits per heavy atom. The van der Waals surface area contributed by atoms with Crippen LogP contribution in [0.1, 0.15) is 0 Å². The van der Waals surface area contributed by atoms with Gasteiger partial charge < -0.3 is 16.4 Å². The number of nitrogens with zero attached hydrogens (tertiary/aromatic N) is 2. The van der Waals surface area contributed by atoms with E-state index in [0.29, 0.717) is 0 Å². The maximum atomic E-state index is 5.00. The van der Waals surface area contributed by atoms with Crippen molar-refractivity contribution in [3.05, 3.63) is 12.4 Å². The van der Waals surface area contributed by atoms with Gasteiger partial charge in [-0.2, -0.15) is 0 Å². The standard InChI is InChI=1S/C2H2N3.3ClH.Zr/c1-2-4-5-3-1;;;;/h1H,(H,3,4,5);3*1H;/q-1;;;;+3/p-3. The normalized spacial score (nSPS) is 7.44. The summed E-state index contributed by atoms with van der Waals surface area (Å²) in [4.78, 5) is 0. The van der Waals surface area contributed by atoms with Crippen LogP contribution >= 0.6 is 25.5 Å². The molecule has 0 unspecified atom stereocenters. The van der Waals surface area contributed by atoms with Crippen LogP contribution in [-0.4, -0.2) is 15.4 Å². The van der Waals surface area contributed by atoms with Gasteiger partial charge in [0.2, 0.25) is 0 Å². The van der Waals surface area contributed by atoms with Crippen molar-refractivity contribution in [2.75, 3.05) is 0 Å². The molecule has 0 atom stereocenters. The third-order valence-electron chi connectivity index (χ3n) is 0.295. The average molecular weight is 266 g/mol. The van der Waals surface area contributed by atoms with Crippen molar-refractivity contribution in [3.8, 4) is 0 Å². The molecule has 7 heteroatoms. The van der Waals surface area contributed by atoms with E-state index in [1.54, 1.807) is 0 Å². The average Bonchev–Trinajstić information content (AvgIpc) is 2.11. The molecule has 0 amide bonds. The minimum absolute atomic E-state index is 1.53. The van der Waals surface area contributed by atoms with E-state index >= 15 is 0 Å². The van der Waals surface area contributed by atoms with Crippen molar-refractivity contribution >= 4 is 25.5 Å². The zero-order valence-electron chi connectivity index (χ0n) is 4.11. The molecule has 0 saturated heterocycles. The van der Waals surface area contributed by atoms with Crippen LogP contribution < -0.4 is 0 Å². The van der Waals surface area contributed by atoms with E-state index in [2.05, 4.69) is 21.6 Å². The molecule has 0 spiro atoms. The van der Waals surface area contributed by atoms with E-state index in [-0.39, 0.29) is 0 Å². The van der Waals surface area contributed by atoms with Crippen LogP contribution in [-0.2, 0) is 18.2 Å². The molecule has 1 rings (SSSR count). The first-order chi connectivity index (χ1) is 4.23. The fourth-order valence-electron chi connectivity index (χ4n) is 0.144. The monoisotopic (exact) mass is 263 g/mol. The summed E-state index contributed by atoms with van der Waals surface area (Å²) in [5.41, 5.74) is 0. The Hall–Kier alpha value is 0.893. The summed E-state index contributed by atoms with van der Waals surface area (Å²) in [6.07, 6.45) is 3.97. The number of hydrogen-bond donors (Lipinski definition) is 1. The molecular formula is C2H2Cl3N3Zr-. The van der Waals surface area contributed by atoms with Gasteiger partial charge in [0, 0.05) is 0 Å². The van der Waals surface area contributed by atoms with Crippen LogP contribution in [0.2, 0.25) is 0 Å². The van der Waals surface area contributed by atoms with Crippen molar-refractivity contribution < 1.29 is 18.2 Å². The first-order valence-electron chi connectivity index (χ1n) is 1.79. The molecule has 51 valence electrons. The van der Waals surface area contributed by atoms with Gasteiger partial charge in [0.1, 0.15) is 0 Å². The molecule has 0 radical (unpaired) electrons. The van der Waals surface area contributed by atoms with Crippen LogP contribution in [0.3, 0.4) is 0 Å². The van der Waals surface area contributed by atoms with E-state index in [4.69, 9.17) is 25.5 Å². The summed E-state index contributed by atoms with van der Waals surface area (Å²) >= 11 is -2.13. The van der Waals surface area contributed by atoms with E-state index in [1.807, 2.05) is 0 Å². The van der Waals surface area contributed by atoms with Gasteiger partial charge in [-0.1, -0.05) is 0 Å². The smallest absolute Gasteiger partial charge is 0.112 e. The molecule has 1 heterocycles. The van der Waals surface area contributed by atoms with Crippen LogP contribution in [0.15, 0.2) is 6.20 Å². The summed E-state index contributed by atoms with van der Waals surface area (Å²) in [5.74, 6) is 0. The number of nitrogens with one attached hydrogen (secondary N) is 1. The quantitative estimate of drug-likeness (QED) is 0.725. The molecule has 0 aliphatic carbocycles. The summed E-state index contributed by atoms with van der Waals surface area (Å²) in [5, 5.41) is 9.03. The Morgan fingerprint density at radius 3 is 2.11 bits per heavy atom. The molecule has 0 saturated carbocycles. The molecular weight excluding hydrogens is 264 g/mol. The second-order valence-corrected chi connectivity index (χ2v) is 12.0. The Kier molecular flexibility index (Phi) is 7.70. The first-order valence-corrected chi connectivity index (χ1v) is 11.3. The van der Waals surface area contributed by atoms with Gasteiger partial charge in [0.05, 0.1) is 0 Å². The van der Waals surface area contributed by atoms with Crippen LogP contribution in [0, 0.1) is 6.20 Å².